The van der Waals surface area contributed by atoms with Crippen LogP contribution in [-0.4, -0.2) is 4.57 Å². The van der Waals surface area contributed by atoms with Crippen LogP contribution in [0.2, 0.25) is 0 Å². The number of halogens is 1. The first kappa shape index (κ1) is 17.7. The van der Waals surface area contributed by atoms with Crippen molar-refractivity contribution in [3.05, 3.63) is 46.1 Å². The normalized spacial score (nSPS) is 11.3. The molecular formula is C20H28FNO. The van der Waals surface area contributed by atoms with Gasteiger partial charge in [-0.3, -0.25) is 4.79 Å². The maximum atomic E-state index is 13.3. The molecule has 2 nitrogen and oxygen atoms in total. The fourth-order valence-corrected chi connectivity index (χ4v) is 3.11. The Morgan fingerprint density at radius 2 is 1.61 bits per heavy atom. The first-order valence-electron chi connectivity index (χ1n) is 8.91. The third kappa shape index (κ3) is 4.92. The zero-order valence-electron chi connectivity index (χ0n) is 14.4. The molecule has 126 valence electrons. The highest BCUT2D eigenvalue weighted by Gasteiger charge is 2.07. The van der Waals surface area contributed by atoms with Gasteiger partial charge < -0.3 is 4.57 Å². The third-order valence-electron chi connectivity index (χ3n) is 4.59. The van der Waals surface area contributed by atoms with Gasteiger partial charge in [0.1, 0.15) is 5.82 Å². The number of hydrogen-bond donors (Lipinski definition) is 0. The quantitative estimate of drug-likeness (QED) is 0.571. The van der Waals surface area contributed by atoms with Crippen LogP contribution >= 0.6 is 0 Å². The monoisotopic (exact) mass is 317 g/mol. The van der Waals surface area contributed by atoms with E-state index in [0.29, 0.717) is 5.39 Å². The largest absolute Gasteiger partial charge is 0.315 e. The number of aromatic nitrogens is 1. The zero-order chi connectivity index (χ0) is 16.7. The van der Waals surface area contributed by atoms with Gasteiger partial charge in [0.15, 0.2) is 0 Å². The van der Waals surface area contributed by atoms with Crippen LogP contribution in [0.4, 0.5) is 4.39 Å². The molecule has 0 aliphatic heterocycles. The third-order valence-corrected chi connectivity index (χ3v) is 4.59. The van der Waals surface area contributed by atoms with E-state index >= 15 is 0 Å². The van der Waals surface area contributed by atoms with E-state index in [1.165, 1.54) is 57.1 Å². The molecule has 0 saturated heterocycles. The van der Waals surface area contributed by atoms with Crippen molar-refractivity contribution in [2.75, 3.05) is 0 Å². The molecule has 0 aliphatic carbocycles. The summed E-state index contributed by atoms with van der Waals surface area (Å²) in [7, 11) is 1.78. The molecule has 2 rings (SSSR count). The van der Waals surface area contributed by atoms with Crippen molar-refractivity contribution in [1.82, 2.24) is 4.57 Å². The van der Waals surface area contributed by atoms with Gasteiger partial charge in [-0.15, -0.1) is 0 Å². The summed E-state index contributed by atoms with van der Waals surface area (Å²) in [4.78, 5) is 12.3. The minimum Gasteiger partial charge on any atom is -0.315 e. The van der Waals surface area contributed by atoms with E-state index in [2.05, 4.69) is 6.92 Å². The van der Waals surface area contributed by atoms with Crippen molar-refractivity contribution in [2.24, 2.45) is 7.05 Å². The van der Waals surface area contributed by atoms with E-state index in [4.69, 9.17) is 0 Å². The summed E-state index contributed by atoms with van der Waals surface area (Å²) in [5, 5.41) is 1.30. The minimum atomic E-state index is -0.356. The fourth-order valence-electron chi connectivity index (χ4n) is 3.11. The molecule has 0 amide bonds. The second-order valence-corrected chi connectivity index (χ2v) is 6.46. The maximum absolute atomic E-state index is 13.3. The van der Waals surface area contributed by atoms with E-state index < -0.39 is 0 Å². The molecule has 0 bridgehead atoms. The molecule has 23 heavy (non-hydrogen) atoms. The molecule has 3 heteroatoms. The summed E-state index contributed by atoms with van der Waals surface area (Å²) in [6, 6.07) is 6.47. The molecule has 0 unspecified atom stereocenters. The van der Waals surface area contributed by atoms with Crippen LogP contribution in [0.25, 0.3) is 10.8 Å². The molecule has 0 radical (unpaired) electrons. The van der Waals surface area contributed by atoms with Crippen LogP contribution in [0.1, 0.15) is 64.0 Å². The number of fused-ring (bicyclic) bond motifs is 1. The summed E-state index contributed by atoms with van der Waals surface area (Å²) in [6.07, 6.45) is 11.1. The highest BCUT2D eigenvalue weighted by molar-refractivity contribution is 5.82. The SMILES string of the molecule is CCCCCCCCCCc1cc2ccc(F)cc2c(=O)n1C. The topological polar surface area (TPSA) is 22.0 Å². The highest BCUT2D eigenvalue weighted by atomic mass is 19.1. The van der Waals surface area contributed by atoms with Crippen molar-refractivity contribution >= 4 is 10.8 Å². The highest BCUT2D eigenvalue weighted by Crippen LogP contribution is 2.16. The van der Waals surface area contributed by atoms with Crippen LogP contribution < -0.4 is 5.56 Å². The number of rotatable bonds is 9. The van der Waals surface area contributed by atoms with Gasteiger partial charge in [-0.2, -0.15) is 0 Å². The van der Waals surface area contributed by atoms with E-state index in [0.717, 1.165) is 23.9 Å². The van der Waals surface area contributed by atoms with Gasteiger partial charge in [-0.25, -0.2) is 4.39 Å². The Morgan fingerprint density at radius 1 is 0.957 bits per heavy atom. The molecule has 0 aliphatic rings. The van der Waals surface area contributed by atoms with E-state index in [1.807, 2.05) is 6.07 Å². The van der Waals surface area contributed by atoms with Gasteiger partial charge in [0.25, 0.3) is 5.56 Å². The van der Waals surface area contributed by atoms with Crippen LogP contribution in [-0.2, 0) is 13.5 Å². The fraction of sp³-hybridized carbons (Fsp3) is 0.550. The molecule has 1 heterocycles. The van der Waals surface area contributed by atoms with Crippen molar-refractivity contribution in [2.45, 2.75) is 64.7 Å². The van der Waals surface area contributed by atoms with E-state index in [9.17, 15) is 9.18 Å². The number of nitrogens with zero attached hydrogens (tertiary/aromatic N) is 1. The molecule has 0 atom stereocenters. The van der Waals surface area contributed by atoms with Gasteiger partial charge >= 0.3 is 0 Å². The van der Waals surface area contributed by atoms with Crippen LogP contribution in [0, 0.1) is 5.82 Å². The van der Waals surface area contributed by atoms with Crippen LogP contribution in [0.15, 0.2) is 29.1 Å². The summed E-state index contributed by atoms with van der Waals surface area (Å²) >= 11 is 0. The molecule has 0 fully saturated rings. The summed E-state index contributed by atoms with van der Waals surface area (Å²) in [5.41, 5.74) is 0.941. The van der Waals surface area contributed by atoms with E-state index in [-0.39, 0.29) is 11.4 Å². The lowest BCUT2D eigenvalue weighted by Gasteiger charge is -2.10. The lowest BCUT2D eigenvalue weighted by molar-refractivity contribution is 0.570. The Hall–Kier alpha value is -1.64. The minimum absolute atomic E-state index is 0.100. The van der Waals surface area contributed by atoms with Crippen molar-refractivity contribution in [3.8, 4) is 0 Å². The first-order chi connectivity index (χ1) is 11.1. The first-order valence-corrected chi connectivity index (χ1v) is 8.91. The van der Waals surface area contributed by atoms with Gasteiger partial charge in [0, 0.05) is 12.7 Å². The second-order valence-electron chi connectivity index (χ2n) is 6.46. The summed E-state index contributed by atoms with van der Waals surface area (Å²) in [5.74, 6) is -0.356. The van der Waals surface area contributed by atoms with Gasteiger partial charge in [0.2, 0.25) is 0 Å². The number of hydrogen-bond acceptors (Lipinski definition) is 1. The second kappa shape index (κ2) is 8.85. The molecule has 0 spiro atoms. The lowest BCUT2D eigenvalue weighted by atomic mass is 10.0. The van der Waals surface area contributed by atoms with Crippen molar-refractivity contribution in [3.63, 3.8) is 0 Å². The predicted octanol–water partition coefficient (Wildman–Crippen LogP) is 5.36. The predicted molar refractivity (Wildman–Crippen MR) is 95.5 cm³/mol. The molecular weight excluding hydrogens is 289 g/mol. The molecule has 0 N–H and O–H groups in total. The van der Waals surface area contributed by atoms with Gasteiger partial charge in [-0.1, -0.05) is 57.9 Å². The average molecular weight is 317 g/mol. The Labute approximate surface area is 138 Å². The van der Waals surface area contributed by atoms with Crippen LogP contribution in [0.5, 0.6) is 0 Å². The maximum Gasteiger partial charge on any atom is 0.258 e. The van der Waals surface area contributed by atoms with Crippen molar-refractivity contribution in [1.29, 1.82) is 0 Å². The number of benzene rings is 1. The number of aryl methyl sites for hydroxylation is 1. The van der Waals surface area contributed by atoms with Crippen LogP contribution in [0.3, 0.4) is 0 Å². The van der Waals surface area contributed by atoms with Crippen molar-refractivity contribution < 1.29 is 4.39 Å². The molecule has 1 aromatic carbocycles. The average Bonchev–Trinajstić information content (AvgIpc) is 2.55. The molecule has 0 saturated carbocycles. The Bertz CT molecular complexity index is 690. The smallest absolute Gasteiger partial charge is 0.258 e. The number of pyridine rings is 1. The standard InChI is InChI=1S/C20H28FNO/c1-3-4-5-6-7-8-9-10-11-18-14-16-12-13-17(21)15-19(16)20(23)22(18)2/h12-15H,3-11H2,1-2H3. The Morgan fingerprint density at radius 3 is 2.30 bits per heavy atom. The Balaban J connectivity index is 1.90. The zero-order valence-corrected chi connectivity index (χ0v) is 14.4. The van der Waals surface area contributed by atoms with Gasteiger partial charge in [-0.05, 0) is 36.4 Å². The summed E-state index contributed by atoms with van der Waals surface area (Å²) < 4.78 is 15.0. The van der Waals surface area contributed by atoms with Gasteiger partial charge in [0.05, 0.1) is 5.39 Å². The number of unbranched alkanes of at least 4 members (excludes halogenated alkanes) is 7. The summed E-state index contributed by atoms with van der Waals surface area (Å²) in [6.45, 7) is 2.24. The Kier molecular flexibility index (Phi) is 6.82. The lowest BCUT2D eigenvalue weighted by Crippen LogP contribution is -2.20. The van der Waals surface area contributed by atoms with E-state index in [1.54, 1.807) is 17.7 Å². The molecule has 2 aromatic rings. The molecule has 1 aromatic heterocycles.